The first-order chi connectivity index (χ1) is 11.0. The van der Waals surface area contributed by atoms with Gasteiger partial charge in [-0.15, -0.1) is 11.3 Å². The summed E-state index contributed by atoms with van der Waals surface area (Å²) in [5, 5.41) is 13.6. The first kappa shape index (κ1) is 16.6. The predicted molar refractivity (Wildman–Crippen MR) is 95.7 cm³/mol. The van der Waals surface area contributed by atoms with Crippen LogP contribution in [0.25, 0.3) is 10.6 Å². The zero-order chi connectivity index (χ0) is 16.6. The number of carboxylic acid groups (broad SMARTS) is 1. The summed E-state index contributed by atoms with van der Waals surface area (Å²) in [4.78, 5) is 17.2. The van der Waals surface area contributed by atoms with Gasteiger partial charge in [-0.2, -0.15) is 0 Å². The highest BCUT2D eigenvalue weighted by Gasteiger charge is 2.37. The van der Waals surface area contributed by atoms with Crippen molar-refractivity contribution in [2.75, 3.05) is 0 Å². The Morgan fingerprint density at radius 1 is 1.43 bits per heavy atom. The van der Waals surface area contributed by atoms with E-state index < -0.39 is 12.0 Å². The second-order valence-corrected chi connectivity index (χ2v) is 7.88. The summed E-state index contributed by atoms with van der Waals surface area (Å²) < 4.78 is 1.02. The van der Waals surface area contributed by atoms with Gasteiger partial charge in [0.1, 0.15) is 11.0 Å². The van der Waals surface area contributed by atoms with E-state index >= 15 is 0 Å². The average Bonchev–Trinajstić information content (AvgIpc) is 3.27. The van der Waals surface area contributed by atoms with Gasteiger partial charge in [-0.25, -0.2) is 4.98 Å². The van der Waals surface area contributed by atoms with Crippen LogP contribution in [-0.2, 0) is 4.79 Å². The number of benzene rings is 1. The first-order valence-electron chi connectivity index (χ1n) is 7.68. The van der Waals surface area contributed by atoms with Crippen molar-refractivity contribution in [2.24, 2.45) is 5.92 Å². The van der Waals surface area contributed by atoms with Gasteiger partial charge in [0.05, 0.1) is 5.69 Å². The molecule has 0 spiro atoms. The summed E-state index contributed by atoms with van der Waals surface area (Å²) in [5.74, 6) is -0.488. The maximum Gasteiger partial charge on any atom is 0.321 e. The molecule has 2 N–H and O–H groups in total. The Morgan fingerprint density at radius 2 is 2.13 bits per heavy atom. The molecule has 1 aliphatic rings. The quantitative estimate of drug-likeness (QED) is 0.762. The summed E-state index contributed by atoms with van der Waals surface area (Å²) in [7, 11) is 0. The van der Waals surface area contributed by atoms with Crippen LogP contribution in [0.15, 0.2) is 28.7 Å². The highest BCUT2D eigenvalue weighted by Crippen LogP contribution is 2.37. The lowest BCUT2D eigenvalue weighted by molar-refractivity contribution is -0.140. The first-order valence-corrected chi connectivity index (χ1v) is 9.29. The van der Waals surface area contributed by atoms with E-state index in [0.29, 0.717) is 0 Å². The van der Waals surface area contributed by atoms with Crippen LogP contribution in [-0.4, -0.2) is 22.1 Å². The molecule has 0 bridgehead atoms. The minimum absolute atomic E-state index is 0.0227. The third-order valence-electron chi connectivity index (χ3n) is 4.12. The topological polar surface area (TPSA) is 62.2 Å². The number of nitrogens with zero attached hydrogens (tertiary/aromatic N) is 1. The van der Waals surface area contributed by atoms with E-state index in [1.807, 2.05) is 38.1 Å². The molecule has 1 saturated carbocycles. The van der Waals surface area contributed by atoms with Gasteiger partial charge in [-0.3, -0.25) is 10.1 Å². The lowest BCUT2D eigenvalue weighted by atomic mass is 10.1. The zero-order valence-corrected chi connectivity index (χ0v) is 15.4. The molecule has 0 amide bonds. The van der Waals surface area contributed by atoms with E-state index in [4.69, 9.17) is 0 Å². The number of halogens is 1. The summed E-state index contributed by atoms with van der Waals surface area (Å²) in [5.41, 5.74) is 2.02. The lowest BCUT2D eigenvalue weighted by Crippen LogP contribution is -2.39. The fourth-order valence-electron chi connectivity index (χ4n) is 2.74. The van der Waals surface area contributed by atoms with Gasteiger partial charge in [-0.1, -0.05) is 34.1 Å². The maximum absolute atomic E-state index is 11.4. The molecular formula is C17H19BrN2O2S. The van der Waals surface area contributed by atoms with E-state index in [0.717, 1.165) is 38.5 Å². The van der Waals surface area contributed by atoms with E-state index in [1.54, 1.807) is 11.3 Å². The van der Waals surface area contributed by atoms with Crippen LogP contribution in [0.4, 0.5) is 0 Å². The molecule has 0 saturated heterocycles. The number of thiazole rings is 1. The molecule has 1 heterocycles. The van der Waals surface area contributed by atoms with Crippen LogP contribution >= 0.6 is 27.3 Å². The summed E-state index contributed by atoms with van der Waals surface area (Å²) in [6, 6.07) is 7.52. The number of aliphatic carboxylic acids is 1. The Kier molecular flexibility index (Phi) is 4.85. The molecule has 0 radical (unpaired) electrons. The Morgan fingerprint density at radius 3 is 2.74 bits per heavy atom. The van der Waals surface area contributed by atoms with E-state index in [9.17, 15) is 9.90 Å². The normalized spacial score (nSPS) is 17.0. The zero-order valence-electron chi connectivity index (χ0n) is 13.0. The smallest absolute Gasteiger partial charge is 0.321 e. The van der Waals surface area contributed by atoms with Gasteiger partial charge in [0.15, 0.2) is 0 Å². The third kappa shape index (κ3) is 3.65. The number of rotatable bonds is 6. The molecule has 1 fully saturated rings. The molecule has 2 aromatic rings. The molecule has 3 rings (SSSR count). The van der Waals surface area contributed by atoms with Crippen molar-refractivity contribution in [3.8, 4) is 10.6 Å². The van der Waals surface area contributed by atoms with Crippen molar-refractivity contribution in [2.45, 2.75) is 38.8 Å². The van der Waals surface area contributed by atoms with Gasteiger partial charge in [-0.05, 0) is 38.7 Å². The predicted octanol–water partition coefficient (Wildman–Crippen LogP) is 4.39. The second-order valence-electron chi connectivity index (χ2n) is 5.99. The van der Waals surface area contributed by atoms with Gasteiger partial charge in [0.25, 0.3) is 0 Å². The van der Waals surface area contributed by atoms with Crippen LogP contribution in [0.1, 0.15) is 36.4 Å². The van der Waals surface area contributed by atoms with Gasteiger partial charge >= 0.3 is 5.97 Å². The van der Waals surface area contributed by atoms with Crippen LogP contribution < -0.4 is 5.32 Å². The van der Waals surface area contributed by atoms with Crippen LogP contribution in [0.2, 0.25) is 0 Å². The SMILES string of the molecule is Cc1nc(-c2ccccc2Br)sc1C(C)NC(C(=O)O)C1CC1. The number of hydrogen-bond acceptors (Lipinski definition) is 4. The van der Waals surface area contributed by atoms with E-state index in [2.05, 4.69) is 26.2 Å². The fraction of sp³-hybridized carbons (Fsp3) is 0.412. The second kappa shape index (κ2) is 6.71. The van der Waals surface area contributed by atoms with Gasteiger partial charge in [0, 0.05) is 21.0 Å². The number of carbonyl (C=O) groups is 1. The Labute approximate surface area is 148 Å². The largest absolute Gasteiger partial charge is 0.480 e. The Balaban J connectivity index is 1.83. The summed E-state index contributed by atoms with van der Waals surface area (Å²) in [6.07, 6.45) is 2.00. The van der Waals surface area contributed by atoms with Crippen molar-refractivity contribution >= 4 is 33.2 Å². The van der Waals surface area contributed by atoms with E-state index in [1.165, 1.54) is 0 Å². The van der Waals surface area contributed by atoms with Crippen molar-refractivity contribution in [1.29, 1.82) is 0 Å². The standard InChI is InChI=1S/C17H19BrN2O2S/c1-9(19-14(17(21)22)11-7-8-11)15-10(2)20-16(23-15)12-5-3-4-6-13(12)18/h3-6,9,11,14,19H,7-8H2,1-2H3,(H,21,22). The maximum atomic E-state index is 11.4. The highest BCUT2D eigenvalue weighted by molar-refractivity contribution is 9.10. The van der Waals surface area contributed by atoms with Crippen LogP contribution in [0.3, 0.4) is 0 Å². The molecule has 122 valence electrons. The van der Waals surface area contributed by atoms with Crippen molar-refractivity contribution in [3.05, 3.63) is 39.3 Å². The van der Waals surface area contributed by atoms with Gasteiger partial charge < -0.3 is 5.11 Å². The molecule has 23 heavy (non-hydrogen) atoms. The third-order valence-corrected chi connectivity index (χ3v) is 6.18. The molecule has 2 atom stereocenters. The molecule has 4 nitrogen and oxygen atoms in total. The molecule has 0 aliphatic heterocycles. The van der Waals surface area contributed by atoms with Crippen molar-refractivity contribution in [1.82, 2.24) is 10.3 Å². The number of carboxylic acids is 1. The molecule has 2 unspecified atom stereocenters. The minimum Gasteiger partial charge on any atom is -0.480 e. The number of aromatic nitrogens is 1. The average molecular weight is 395 g/mol. The number of aryl methyl sites for hydroxylation is 1. The Bertz CT molecular complexity index is 727. The number of nitrogens with one attached hydrogen (secondary N) is 1. The lowest BCUT2D eigenvalue weighted by Gasteiger charge is -2.19. The minimum atomic E-state index is -0.757. The van der Waals surface area contributed by atoms with Crippen molar-refractivity contribution < 1.29 is 9.90 Å². The summed E-state index contributed by atoms with van der Waals surface area (Å²) >= 11 is 5.19. The monoisotopic (exact) mass is 394 g/mol. The van der Waals surface area contributed by atoms with Crippen LogP contribution in [0, 0.1) is 12.8 Å². The molecule has 6 heteroatoms. The molecule has 1 aromatic heterocycles. The molecular weight excluding hydrogens is 376 g/mol. The van der Waals surface area contributed by atoms with E-state index in [-0.39, 0.29) is 12.0 Å². The van der Waals surface area contributed by atoms with Crippen molar-refractivity contribution in [3.63, 3.8) is 0 Å². The number of hydrogen-bond donors (Lipinski definition) is 2. The fourth-order valence-corrected chi connectivity index (χ4v) is 4.46. The highest BCUT2D eigenvalue weighted by atomic mass is 79.9. The van der Waals surface area contributed by atoms with Crippen LogP contribution in [0.5, 0.6) is 0 Å². The Hall–Kier alpha value is -1.24. The van der Waals surface area contributed by atoms with Gasteiger partial charge in [0.2, 0.25) is 0 Å². The summed E-state index contributed by atoms with van der Waals surface area (Å²) in [6.45, 7) is 4.00. The molecule has 1 aliphatic carbocycles. The molecule has 1 aromatic carbocycles.